The van der Waals surface area contributed by atoms with Crippen molar-refractivity contribution in [2.24, 2.45) is 12.8 Å². The fourth-order valence-corrected chi connectivity index (χ4v) is 2.43. The molecule has 8 heteroatoms. The minimum absolute atomic E-state index is 0. The van der Waals surface area contributed by atoms with Crippen LogP contribution in [0.2, 0.25) is 0 Å². The lowest BCUT2D eigenvalue weighted by atomic mass is 9.92. The van der Waals surface area contributed by atoms with Gasteiger partial charge in [-0.25, -0.2) is 4.57 Å². The molecular weight excluding hydrogens is 284 g/mol. The lowest BCUT2D eigenvalue weighted by Crippen LogP contribution is -2.41. The summed E-state index contributed by atoms with van der Waals surface area (Å²) in [5.74, 6) is -0.355. The first-order valence-electron chi connectivity index (χ1n) is 6.35. The molecule has 112 valence electrons. The fraction of sp³-hybridized carbons (Fsp3) is 0.583. The molecule has 0 atom stereocenters. The van der Waals surface area contributed by atoms with Crippen LogP contribution in [0.5, 0.6) is 0 Å². The first-order chi connectivity index (χ1) is 8.99. The Balaban J connectivity index is 0.00000200. The van der Waals surface area contributed by atoms with Gasteiger partial charge in [-0.15, -0.1) is 12.4 Å². The summed E-state index contributed by atoms with van der Waals surface area (Å²) in [4.78, 5) is 22.3. The number of nitro groups is 1. The number of amides is 1. The number of hydrogen-bond acceptors (Lipinski definition) is 4. The van der Waals surface area contributed by atoms with Crippen molar-refractivity contribution in [3.63, 3.8) is 0 Å². The first kappa shape index (κ1) is 16.5. The monoisotopic (exact) mass is 302 g/mol. The van der Waals surface area contributed by atoms with Crippen LogP contribution in [0.25, 0.3) is 0 Å². The molecule has 0 saturated heterocycles. The Morgan fingerprint density at radius 2 is 2.00 bits per heavy atom. The van der Waals surface area contributed by atoms with Gasteiger partial charge in [-0.1, -0.05) is 0 Å². The third-order valence-corrected chi connectivity index (χ3v) is 3.62. The van der Waals surface area contributed by atoms with Gasteiger partial charge in [0.05, 0.1) is 7.05 Å². The summed E-state index contributed by atoms with van der Waals surface area (Å²) in [6.45, 7) is 0. The van der Waals surface area contributed by atoms with E-state index in [0.29, 0.717) is 5.69 Å². The van der Waals surface area contributed by atoms with Gasteiger partial charge in [-0.3, -0.25) is 4.79 Å². The van der Waals surface area contributed by atoms with Gasteiger partial charge >= 0.3 is 5.82 Å². The Kier molecular flexibility index (Phi) is 5.52. The van der Waals surface area contributed by atoms with E-state index in [9.17, 15) is 14.9 Å². The summed E-state index contributed by atoms with van der Waals surface area (Å²) in [5.41, 5.74) is 6.11. The molecule has 1 aliphatic carbocycles. The average molecular weight is 303 g/mol. The Morgan fingerprint density at radius 1 is 1.40 bits per heavy atom. The summed E-state index contributed by atoms with van der Waals surface area (Å²) in [5, 5.41) is 13.6. The topological polar surface area (TPSA) is 103 Å². The molecule has 1 aromatic rings. The largest absolute Gasteiger partial charge is 0.358 e. The van der Waals surface area contributed by atoms with Gasteiger partial charge in [0.2, 0.25) is 0 Å². The molecule has 1 aromatic heterocycles. The highest BCUT2D eigenvalue weighted by atomic mass is 35.5. The summed E-state index contributed by atoms with van der Waals surface area (Å²) in [6, 6.07) is 3.15. The molecule has 1 saturated carbocycles. The van der Waals surface area contributed by atoms with Crippen LogP contribution in [-0.2, 0) is 7.05 Å². The predicted octanol–water partition coefficient (Wildman–Crippen LogP) is 1.35. The summed E-state index contributed by atoms with van der Waals surface area (Å²) in [7, 11) is 1.52. The molecule has 0 aliphatic heterocycles. The second kappa shape index (κ2) is 6.71. The van der Waals surface area contributed by atoms with E-state index in [1.807, 2.05) is 0 Å². The SMILES string of the molecule is Cl.Cn1c(C(=O)NC2CCC(N)CC2)ccc1[N+](=O)[O-]. The van der Waals surface area contributed by atoms with E-state index in [0.717, 1.165) is 25.7 Å². The Hall–Kier alpha value is -1.60. The molecule has 0 bridgehead atoms. The molecule has 3 N–H and O–H groups in total. The highest BCUT2D eigenvalue weighted by Crippen LogP contribution is 2.19. The minimum Gasteiger partial charge on any atom is -0.358 e. The number of nitrogens with one attached hydrogen (secondary N) is 1. The number of aromatic nitrogens is 1. The molecule has 20 heavy (non-hydrogen) atoms. The molecule has 0 aromatic carbocycles. The van der Waals surface area contributed by atoms with Crippen molar-refractivity contribution in [3.8, 4) is 0 Å². The second-order valence-electron chi connectivity index (χ2n) is 4.98. The number of halogens is 1. The second-order valence-corrected chi connectivity index (χ2v) is 4.98. The minimum atomic E-state index is -0.504. The standard InChI is InChI=1S/C12H18N4O3.ClH/c1-15-10(6-7-11(15)16(18)19)12(17)14-9-4-2-8(13)3-5-9;/h6-9H,2-5,13H2,1H3,(H,14,17);1H. The van der Waals surface area contributed by atoms with E-state index in [1.165, 1.54) is 23.7 Å². The zero-order chi connectivity index (χ0) is 14.0. The van der Waals surface area contributed by atoms with Crippen molar-refractivity contribution < 1.29 is 9.72 Å². The van der Waals surface area contributed by atoms with E-state index in [4.69, 9.17) is 5.73 Å². The van der Waals surface area contributed by atoms with Gasteiger partial charge in [-0.2, -0.15) is 0 Å². The van der Waals surface area contributed by atoms with E-state index < -0.39 is 4.92 Å². The van der Waals surface area contributed by atoms with E-state index in [2.05, 4.69) is 5.32 Å². The molecule has 1 heterocycles. The third kappa shape index (κ3) is 3.49. The van der Waals surface area contributed by atoms with Crippen molar-refractivity contribution in [1.29, 1.82) is 0 Å². The number of nitrogens with two attached hydrogens (primary N) is 1. The Morgan fingerprint density at radius 3 is 2.50 bits per heavy atom. The summed E-state index contributed by atoms with van der Waals surface area (Å²) >= 11 is 0. The van der Waals surface area contributed by atoms with E-state index >= 15 is 0 Å². The Bertz CT molecular complexity index is 495. The summed E-state index contributed by atoms with van der Waals surface area (Å²) in [6.07, 6.45) is 3.52. The quantitative estimate of drug-likeness (QED) is 0.649. The third-order valence-electron chi connectivity index (χ3n) is 3.62. The van der Waals surface area contributed by atoms with Crippen LogP contribution >= 0.6 is 12.4 Å². The van der Waals surface area contributed by atoms with Gasteiger partial charge < -0.3 is 21.2 Å². The first-order valence-corrected chi connectivity index (χ1v) is 6.35. The molecule has 1 aliphatic rings. The Labute approximate surface area is 123 Å². The molecule has 7 nitrogen and oxygen atoms in total. The molecule has 0 spiro atoms. The molecule has 1 amide bonds. The molecule has 2 rings (SSSR count). The van der Waals surface area contributed by atoms with Crippen molar-refractivity contribution in [1.82, 2.24) is 9.88 Å². The van der Waals surface area contributed by atoms with Gasteiger partial charge in [0, 0.05) is 18.2 Å². The van der Waals surface area contributed by atoms with Gasteiger partial charge in [-0.05, 0) is 36.7 Å². The zero-order valence-corrected chi connectivity index (χ0v) is 12.1. The van der Waals surface area contributed by atoms with Crippen LogP contribution in [0, 0.1) is 10.1 Å². The maximum atomic E-state index is 12.1. The van der Waals surface area contributed by atoms with E-state index in [1.54, 1.807) is 0 Å². The number of carbonyl (C=O) groups excluding carboxylic acids is 1. The van der Waals surface area contributed by atoms with Gasteiger partial charge in [0.1, 0.15) is 0 Å². The number of rotatable bonds is 3. The summed E-state index contributed by atoms with van der Waals surface area (Å²) < 4.78 is 1.30. The van der Waals surface area contributed by atoms with Crippen LogP contribution in [0.3, 0.4) is 0 Å². The molecule has 0 unspecified atom stereocenters. The zero-order valence-electron chi connectivity index (χ0n) is 11.2. The van der Waals surface area contributed by atoms with Crippen LogP contribution in [0.15, 0.2) is 12.1 Å². The predicted molar refractivity (Wildman–Crippen MR) is 77.0 cm³/mol. The molecule has 1 fully saturated rings. The maximum absolute atomic E-state index is 12.1. The fourth-order valence-electron chi connectivity index (χ4n) is 2.43. The molecular formula is C12H19ClN4O3. The van der Waals surface area contributed by atoms with Crippen molar-refractivity contribution >= 4 is 24.1 Å². The van der Waals surface area contributed by atoms with Crippen molar-refractivity contribution in [2.45, 2.75) is 37.8 Å². The van der Waals surface area contributed by atoms with Crippen LogP contribution in [0.4, 0.5) is 5.82 Å². The van der Waals surface area contributed by atoms with E-state index in [-0.39, 0.29) is 36.2 Å². The number of hydrogen-bond donors (Lipinski definition) is 2. The van der Waals surface area contributed by atoms with Crippen LogP contribution < -0.4 is 11.1 Å². The average Bonchev–Trinajstić information content (AvgIpc) is 2.74. The molecule has 0 radical (unpaired) electrons. The van der Waals surface area contributed by atoms with Gasteiger partial charge in [0.15, 0.2) is 5.69 Å². The lowest BCUT2D eigenvalue weighted by molar-refractivity contribution is -0.391. The highest BCUT2D eigenvalue weighted by Gasteiger charge is 2.25. The van der Waals surface area contributed by atoms with Gasteiger partial charge in [0.25, 0.3) is 5.91 Å². The number of nitrogens with zero attached hydrogens (tertiary/aromatic N) is 2. The van der Waals surface area contributed by atoms with Crippen molar-refractivity contribution in [2.75, 3.05) is 0 Å². The smallest absolute Gasteiger partial charge is 0.323 e. The van der Waals surface area contributed by atoms with Crippen LogP contribution in [0.1, 0.15) is 36.2 Å². The normalized spacial score (nSPS) is 21.9. The maximum Gasteiger partial charge on any atom is 0.323 e. The number of carbonyl (C=O) groups is 1. The van der Waals surface area contributed by atoms with Crippen LogP contribution in [-0.4, -0.2) is 27.5 Å². The van der Waals surface area contributed by atoms with Crippen molar-refractivity contribution in [3.05, 3.63) is 27.9 Å². The lowest BCUT2D eigenvalue weighted by Gasteiger charge is -2.26. The highest BCUT2D eigenvalue weighted by molar-refractivity contribution is 5.93.